The van der Waals surface area contributed by atoms with Crippen molar-refractivity contribution in [1.29, 1.82) is 0 Å². The van der Waals surface area contributed by atoms with E-state index in [-0.39, 0.29) is 12.0 Å². The number of hydrogen-bond acceptors (Lipinski definition) is 5. The molecule has 4 N–H and O–H groups in total. The fourth-order valence-corrected chi connectivity index (χ4v) is 4.60. The van der Waals surface area contributed by atoms with Crippen molar-refractivity contribution in [2.24, 2.45) is 7.05 Å². The molecule has 0 spiro atoms. The zero-order chi connectivity index (χ0) is 25.8. The maximum atomic E-state index is 12.4. The molecular weight excluding hydrogens is 486 g/mol. The summed E-state index contributed by atoms with van der Waals surface area (Å²) in [7, 11) is 1.87. The number of amides is 1. The highest BCUT2D eigenvalue weighted by atomic mass is 35.5. The summed E-state index contributed by atoms with van der Waals surface area (Å²) in [4.78, 5) is 14.7. The van der Waals surface area contributed by atoms with Crippen LogP contribution in [0.5, 0.6) is 0 Å². The molecule has 3 aromatic carbocycles. The van der Waals surface area contributed by atoms with E-state index in [0.717, 1.165) is 48.7 Å². The predicted octanol–water partition coefficient (Wildman–Crippen LogP) is 6.38. The lowest BCUT2D eigenvalue weighted by atomic mass is 10.1. The number of aromatic nitrogens is 1. The molecule has 1 aromatic heterocycles. The van der Waals surface area contributed by atoms with Crippen molar-refractivity contribution in [3.8, 4) is 0 Å². The number of aliphatic hydroxyl groups is 1. The standard InChI is InChI=1S/C29H30ClN5O2/c1-34-15-12-20(19-34)29(37)33-24-8-11-28(27(30)18-24)32-23-4-2-21(3-5-23)31-22-6-9-25(10-7-22)35-16-13-26(36)14-17-35/h2-12,15,18-19,26,31-32,36H,13-14,16-17H2,1H3,(H,33,37). The Labute approximate surface area is 221 Å². The number of rotatable bonds is 7. The van der Waals surface area contributed by atoms with Gasteiger partial charge in [-0.3, -0.25) is 4.79 Å². The number of piperidine rings is 1. The monoisotopic (exact) mass is 515 g/mol. The summed E-state index contributed by atoms with van der Waals surface area (Å²) in [5.41, 5.74) is 6.04. The molecular formula is C29H30ClN5O2. The number of carbonyl (C=O) groups excluding carboxylic acids is 1. The Kier molecular flexibility index (Phi) is 7.35. The number of carbonyl (C=O) groups is 1. The minimum atomic E-state index is -0.179. The molecule has 8 heteroatoms. The number of aliphatic hydroxyl groups excluding tert-OH is 1. The van der Waals surface area contributed by atoms with E-state index in [2.05, 4.69) is 45.1 Å². The van der Waals surface area contributed by atoms with Crippen LogP contribution in [-0.4, -0.2) is 34.8 Å². The summed E-state index contributed by atoms with van der Waals surface area (Å²) in [5.74, 6) is -0.179. The summed E-state index contributed by atoms with van der Waals surface area (Å²) in [6, 6.07) is 23.5. The molecule has 0 radical (unpaired) electrons. The van der Waals surface area contributed by atoms with Crippen LogP contribution in [0.1, 0.15) is 23.2 Å². The molecule has 1 amide bonds. The smallest absolute Gasteiger partial charge is 0.257 e. The van der Waals surface area contributed by atoms with Crippen molar-refractivity contribution < 1.29 is 9.90 Å². The maximum absolute atomic E-state index is 12.4. The summed E-state index contributed by atoms with van der Waals surface area (Å²) in [5, 5.41) is 19.9. The molecule has 1 fully saturated rings. The fourth-order valence-electron chi connectivity index (χ4n) is 4.37. The number of benzene rings is 3. The minimum absolute atomic E-state index is 0.169. The number of aryl methyl sites for hydroxylation is 1. The third kappa shape index (κ3) is 6.25. The van der Waals surface area contributed by atoms with E-state index in [1.165, 1.54) is 5.69 Å². The average Bonchev–Trinajstić information content (AvgIpc) is 3.34. The van der Waals surface area contributed by atoms with Crippen LogP contribution in [0.3, 0.4) is 0 Å². The molecule has 37 heavy (non-hydrogen) atoms. The van der Waals surface area contributed by atoms with Gasteiger partial charge >= 0.3 is 0 Å². The molecule has 0 saturated carbocycles. The van der Waals surface area contributed by atoms with Gasteiger partial charge in [-0.1, -0.05) is 11.6 Å². The molecule has 190 valence electrons. The number of halogens is 1. The Bertz CT molecular complexity index is 1360. The first kappa shape index (κ1) is 24.7. The zero-order valence-corrected chi connectivity index (χ0v) is 21.4. The van der Waals surface area contributed by atoms with Gasteiger partial charge in [0.1, 0.15) is 0 Å². The van der Waals surface area contributed by atoms with Gasteiger partial charge in [0.05, 0.1) is 22.4 Å². The molecule has 0 bridgehead atoms. The van der Waals surface area contributed by atoms with Crippen LogP contribution in [0, 0.1) is 0 Å². The SMILES string of the molecule is Cn1ccc(C(=O)Nc2ccc(Nc3ccc(Nc4ccc(N5CCC(O)CC5)cc4)cc3)c(Cl)c2)c1. The quantitative estimate of drug-likeness (QED) is 0.229. The summed E-state index contributed by atoms with van der Waals surface area (Å²) in [6.45, 7) is 1.77. The van der Waals surface area contributed by atoms with E-state index in [9.17, 15) is 9.90 Å². The first-order valence-electron chi connectivity index (χ1n) is 12.3. The maximum Gasteiger partial charge on any atom is 0.257 e. The highest BCUT2D eigenvalue weighted by molar-refractivity contribution is 6.33. The van der Waals surface area contributed by atoms with E-state index in [0.29, 0.717) is 16.3 Å². The molecule has 4 aromatic rings. The average molecular weight is 516 g/mol. The van der Waals surface area contributed by atoms with E-state index >= 15 is 0 Å². The van der Waals surface area contributed by atoms with Gasteiger partial charge in [0, 0.05) is 61.0 Å². The van der Waals surface area contributed by atoms with E-state index in [4.69, 9.17) is 11.6 Å². The summed E-state index contributed by atoms with van der Waals surface area (Å²) >= 11 is 6.48. The minimum Gasteiger partial charge on any atom is -0.393 e. The Morgan fingerprint density at radius 3 is 2.05 bits per heavy atom. The van der Waals surface area contributed by atoms with Gasteiger partial charge in [-0.25, -0.2) is 0 Å². The Morgan fingerprint density at radius 2 is 1.46 bits per heavy atom. The number of anilines is 6. The lowest BCUT2D eigenvalue weighted by molar-refractivity contribution is 0.102. The lowest BCUT2D eigenvalue weighted by Crippen LogP contribution is -2.35. The van der Waals surface area contributed by atoms with Crippen molar-refractivity contribution in [3.05, 3.63) is 95.8 Å². The van der Waals surface area contributed by atoms with Gasteiger partial charge in [0.2, 0.25) is 0 Å². The first-order chi connectivity index (χ1) is 17.9. The molecule has 0 aliphatic carbocycles. The second-order valence-electron chi connectivity index (χ2n) is 9.31. The number of hydrogen-bond donors (Lipinski definition) is 4. The van der Waals surface area contributed by atoms with Crippen molar-refractivity contribution in [2.75, 3.05) is 33.9 Å². The Balaban J connectivity index is 1.17. The molecule has 5 rings (SSSR count). The van der Waals surface area contributed by atoms with Gasteiger partial charge in [-0.15, -0.1) is 0 Å². The van der Waals surface area contributed by atoms with Crippen LogP contribution in [-0.2, 0) is 7.05 Å². The van der Waals surface area contributed by atoms with Crippen LogP contribution >= 0.6 is 11.6 Å². The van der Waals surface area contributed by atoms with Gasteiger partial charge in [0.25, 0.3) is 5.91 Å². The molecule has 0 atom stereocenters. The van der Waals surface area contributed by atoms with Gasteiger partial charge in [-0.05, 0) is 85.6 Å². The second kappa shape index (κ2) is 11.0. The molecule has 7 nitrogen and oxygen atoms in total. The first-order valence-corrected chi connectivity index (χ1v) is 12.7. The number of nitrogens with zero attached hydrogens (tertiary/aromatic N) is 2. The van der Waals surface area contributed by atoms with Crippen molar-refractivity contribution in [3.63, 3.8) is 0 Å². The Hall–Kier alpha value is -3.94. The molecule has 0 unspecified atom stereocenters. The van der Waals surface area contributed by atoms with Gasteiger partial charge in [-0.2, -0.15) is 0 Å². The molecule has 1 aliphatic heterocycles. The predicted molar refractivity (Wildman–Crippen MR) is 152 cm³/mol. The second-order valence-corrected chi connectivity index (χ2v) is 9.71. The van der Waals surface area contributed by atoms with Crippen molar-refractivity contribution >= 4 is 51.6 Å². The molecule has 1 aliphatic rings. The Morgan fingerprint density at radius 1 is 0.865 bits per heavy atom. The third-order valence-corrected chi connectivity index (χ3v) is 6.78. The van der Waals surface area contributed by atoms with Crippen LogP contribution in [0.4, 0.5) is 34.1 Å². The van der Waals surface area contributed by atoms with Gasteiger partial charge in [0.15, 0.2) is 0 Å². The van der Waals surface area contributed by atoms with Crippen LogP contribution < -0.4 is 20.9 Å². The van der Waals surface area contributed by atoms with Crippen LogP contribution in [0.15, 0.2) is 85.2 Å². The topological polar surface area (TPSA) is 81.6 Å². The molecule has 2 heterocycles. The highest BCUT2D eigenvalue weighted by Gasteiger charge is 2.17. The summed E-state index contributed by atoms with van der Waals surface area (Å²) < 4.78 is 1.83. The van der Waals surface area contributed by atoms with Gasteiger partial charge < -0.3 is 30.5 Å². The van der Waals surface area contributed by atoms with Crippen LogP contribution in [0.25, 0.3) is 0 Å². The molecule has 1 saturated heterocycles. The number of nitrogens with one attached hydrogen (secondary N) is 3. The van der Waals surface area contributed by atoms with E-state index in [1.807, 2.05) is 54.2 Å². The van der Waals surface area contributed by atoms with Crippen molar-refractivity contribution in [2.45, 2.75) is 18.9 Å². The largest absolute Gasteiger partial charge is 0.393 e. The normalized spacial score (nSPS) is 13.9. The fraction of sp³-hybridized carbons (Fsp3) is 0.207. The zero-order valence-electron chi connectivity index (χ0n) is 20.6. The van der Waals surface area contributed by atoms with E-state index < -0.39 is 0 Å². The summed E-state index contributed by atoms with van der Waals surface area (Å²) in [6.07, 6.45) is 5.07. The van der Waals surface area contributed by atoms with E-state index in [1.54, 1.807) is 18.3 Å². The van der Waals surface area contributed by atoms with Crippen molar-refractivity contribution in [1.82, 2.24) is 4.57 Å². The third-order valence-electron chi connectivity index (χ3n) is 6.47. The van der Waals surface area contributed by atoms with Crippen LogP contribution in [0.2, 0.25) is 5.02 Å². The highest BCUT2D eigenvalue weighted by Crippen LogP contribution is 2.30. The lowest BCUT2D eigenvalue weighted by Gasteiger charge is -2.31.